The Morgan fingerprint density at radius 3 is 2.62 bits per heavy atom. The average molecular weight is 556 g/mol. The van der Waals surface area contributed by atoms with Crippen LogP contribution in [0.2, 0.25) is 0 Å². The van der Waals surface area contributed by atoms with E-state index >= 15 is 0 Å². The van der Waals surface area contributed by atoms with Crippen LogP contribution in [0, 0.1) is 4.77 Å². The lowest BCUT2D eigenvalue weighted by Crippen LogP contribution is -2.43. The van der Waals surface area contributed by atoms with Crippen LogP contribution in [-0.2, 0) is 23.4 Å². The minimum atomic E-state index is -4.24. The van der Waals surface area contributed by atoms with Gasteiger partial charge in [-0.2, -0.15) is 5.09 Å². The van der Waals surface area contributed by atoms with Gasteiger partial charge in [0.25, 0.3) is 5.56 Å². The van der Waals surface area contributed by atoms with Gasteiger partial charge in [-0.05, 0) is 52.0 Å². The summed E-state index contributed by atoms with van der Waals surface area (Å²) in [6, 6.07) is 8.29. The second-order valence-corrected chi connectivity index (χ2v) is 11.0. The first kappa shape index (κ1) is 28.6. The molecule has 0 bridgehead atoms. The van der Waals surface area contributed by atoms with Gasteiger partial charge in [0.15, 0.2) is 10.5 Å². The molecule has 2 aromatic rings. The Hall–Kier alpha value is -2.96. The van der Waals surface area contributed by atoms with E-state index in [1.54, 1.807) is 44.2 Å². The van der Waals surface area contributed by atoms with Crippen LogP contribution in [0.4, 0.5) is 0 Å². The summed E-state index contributed by atoms with van der Waals surface area (Å²) in [6.07, 6.45) is -0.470. The maximum Gasteiger partial charge on any atom is 0.459 e. The van der Waals surface area contributed by atoms with Crippen molar-refractivity contribution >= 4 is 25.9 Å². The molecule has 1 aliphatic rings. The minimum absolute atomic E-state index is 0.0170. The highest BCUT2D eigenvalue weighted by Crippen LogP contribution is 2.46. The molecule has 2 unspecified atom stereocenters. The molecule has 12 nitrogen and oxygen atoms in total. The molecule has 37 heavy (non-hydrogen) atoms. The SMILES string of the molecule is CC(C)OC(=O)[C@H](C)NP(=O)(OCC1=C(O)CC(C)(O)[C@H](n2ccc(=O)[nH]c2=S)O1)Oc1ccccc1. The van der Waals surface area contributed by atoms with Gasteiger partial charge in [0.1, 0.15) is 29.8 Å². The highest BCUT2D eigenvalue weighted by Gasteiger charge is 2.43. The fourth-order valence-electron chi connectivity index (χ4n) is 3.42. The molecule has 202 valence electrons. The fraction of sp³-hybridized carbons (Fsp3) is 0.435. The van der Waals surface area contributed by atoms with Gasteiger partial charge in [0, 0.05) is 18.7 Å². The van der Waals surface area contributed by atoms with Crippen molar-refractivity contribution in [2.75, 3.05) is 6.61 Å². The molecule has 0 fully saturated rings. The lowest BCUT2D eigenvalue weighted by molar-refractivity contribution is -0.149. The summed E-state index contributed by atoms with van der Waals surface area (Å²) in [4.78, 5) is 26.3. The van der Waals surface area contributed by atoms with Crippen molar-refractivity contribution in [2.24, 2.45) is 0 Å². The largest absolute Gasteiger partial charge is 0.509 e. The van der Waals surface area contributed by atoms with Crippen LogP contribution < -0.4 is 15.2 Å². The highest BCUT2D eigenvalue weighted by atomic mass is 32.1. The number of aliphatic hydroxyl groups is 2. The number of carbonyl (C=O) groups excluding carboxylic acids is 1. The maximum atomic E-state index is 13.7. The maximum absolute atomic E-state index is 13.7. The number of rotatable bonds is 10. The summed E-state index contributed by atoms with van der Waals surface area (Å²) >= 11 is 5.18. The standard InChI is InChI=1S/C23H30N3O9PS/c1-14(2)33-20(29)15(3)25-36(31,35-16-8-6-5-7-9-16)32-13-18-17(27)12-23(4,30)21(34-18)26-11-10-19(28)24-22(26)37/h5-11,14-15,21,27,30H,12-13H2,1-4H3,(H,25,31)(H,24,28,37)/t15-,21+,23?,36?/m0/s1. The first-order valence-corrected chi connectivity index (χ1v) is 13.3. The third-order valence-electron chi connectivity index (χ3n) is 5.13. The summed E-state index contributed by atoms with van der Waals surface area (Å²) in [7, 11) is -4.24. The number of hydrogen-bond donors (Lipinski definition) is 4. The van der Waals surface area contributed by atoms with Crippen LogP contribution in [0.15, 0.2) is 58.9 Å². The van der Waals surface area contributed by atoms with Crippen molar-refractivity contribution in [3.8, 4) is 5.75 Å². The minimum Gasteiger partial charge on any atom is -0.509 e. The number of hydrogen-bond acceptors (Lipinski definition) is 10. The number of aromatic nitrogens is 2. The zero-order chi connectivity index (χ0) is 27.4. The molecule has 4 N–H and O–H groups in total. The fourth-order valence-corrected chi connectivity index (χ4v) is 5.12. The second-order valence-electron chi connectivity index (χ2n) is 8.90. The molecule has 4 atom stereocenters. The monoisotopic (exact) mass is 555 g/mol. The number of para-hydroxylation sites is 1. The van der Waals surface area contributed by atoms with Crippen LogP contribution in [0.1, 0.15) is 40.3 Å². The zero-order valence-electron chi connectivity index (χ0n) is 20.7. The van der Waals surface area contributed by atoms with Gasteiger partial charge in [-0.25, -0.2) is 4.57 Å². The number of nitrogens with zero attached hydrogens (tertiary/aromatic N) is 1. The number of H-pyrrole nitrogens is 1. The van der Waals surface area contributed by atoms with Gasteiger partial charge < -0.3 is 24.2 Å². The van der Waals surface area contributed by atoms with Crippen molar-refractivity contribution in [3.05, 3.63) is 69.2 Å². The van der Waals surface area contributed by atoms with E-state index in [1.807, 2.05) is 0 Å². The molecule has 0 saturated carbocycles. The Bertz CT molecular complexity index is 1310. The molecule has 0 aliphatic carbocycles. The van der Waals surface area contributed by atoms with Crippen molar-refractivity contribution in [1.82, 2.24) is 14.6 Å². The summed E-state index contributed by atoms with van der Waals surface area (Å²) in [5.74, 6) is -0.975. The number of carbonyl (C=O) groups is 1. The lowest BCUT2D eigenvalue weighted by Gasteiger charge is -2.38. The first-order chi connectivity index (χ1) is 17.3. The molecule has 0 amide bonds. The van der Waals surface area contributed by atoms with Gasteiger partial charge in [-0.15, -0.1) is 0 Å². The number of benzene rings is 1. The Kier molecular flexibility index (Phi) is 8.98. The Balaban J connectivity index is 1.84. The Morgan fingerprint density at radius 1 is 1.32 bits per heavy atom. The number of ether oxygens (including phenoxy) is 2. The number of nitrogens with one attached hydrogen (secondary N) is 2. The summed E-state index contributed by atoms with van der Waals surface area (Å²) in [6.45, 7) is 5.66. The molecule has 1 aromatic heterocycles. The van der Waals surface area contributed by atoms with E-state index in [0.29, 0.717) is 0 Å². The third-order valence-corrected chi connectivity index (χ3v) is 7.07. The van der Waals surface area contributed by atoms with Crippen LogP contribution in [0.25, 0.3) is 0 Å². The number of esters is 1. The molecule has 1 aromatic carbocycles. The van der Waals surface area contributed by atoms with Crippen molar-refractivity contribution < 1.29 is 38.1 Å². The average Bonchev–Trinajstić information content (AvgIpc) is 2.79. The molecular formula is C23H30N3O9PS. The van der Waals surface area contributed by atoms with Crippen LogP contribution in [0.5, 0.6) is 5.75 Å². The molecule has 1 aliphatic heterocycles. The normalized spacial score (nSPS) is 22.2. The molecule has 14 heteroatoms. The lowest BCUT2D eigenvalue weighted by atomic mass is 9.95. The first-order valence-electron chi connectivity index (χ1n) is 11.4. The van der Waals surface area contributed by atoms with E-state index in [4.69, 9.17) is 30.7 Å². The van der Waals surface area contributed by atoms with Gasteiger partial charge in [0.2, 0.25) is 6.23 Å². The predicted molar refractivity (Wildman–Crippen MR) is 135 cm³/mol. The van der Waals surface area contributed by atoms with E-state index in [9.17, 15) is 24.4 Å². The van der Waals surface area contributed by atoms with Crippen molar-refractivity contribution in [3.63, 3.8) is 0 Å². The summed E-state index contributed by atoms with van der Waals surface area (Å²) < 4.78 is 37.1. The van der Waals surface area contributed by atoms with E-state index in [2.05, 4.69) is 10.1 Å². The molecule has 3 rings (SSSR count). The van der Waals surface area contributed by atoms with E-state index in [1.165, 1.54) is 30.7 Å². The Morgan fingerprint density at radius 2 is 2.00 bits per heavy atom. The van der Waals surface area contributed by atoms with E-state index in [-0.39, 0.29) is 28.5 Å². The summed E-state index contributed by atoms with van der Waals surface area (Å²) in [5.41, 5.74) is -2.06. The van der Waals surface area contributed by atoms with Crippen LogP contribution in [-0.4, -0.2) is 50.1 Å². The Labute approximate surface area is 218 Å². The number of aromatic amines is 1. The molecule has 0 spiro atoms. The second kappa shape index (κ2) is 11.6. The highest BCUT2D eigenvalue weighted by molar-refractivity contribution is 7.71. The van der Waals surface area contributed by atoms with Crippen molar-refractivity contribution in [1.29, 1.82) is 0 Å². The van der Waals surface area contributed by atoms with Gasteiger partial charge >= 0.3 is 13.7 Å². The van der Waals surface area contributed by atoms with Gasteiger partial charge in [-0.1, -0.05) is 18.2 Å². The van der Waals surface area contributed by atoms with Crippen LogP contribution in [0.3, 0.4) is 0 Å². The quantitative estimate of drug-likeness (QED) is 0.193. The van der Waals surface area contributed by atoms with Crippen LogP contribution >= 0.6 is 20.0 Å². The van der Waals surface area contributed by atoms with Gasteiger partial charge in [0.05, 0.1) is 6.10 Å². The smallest absolute Gasteiger partial charge is 0.459 e. The van der Waals surface area contributed by atoms with Crippen molar-refractivity contribution in [2.45, 2.75) is 58.1 Å². The third kappa shape index (κ3) is 7.53. The van der Waals surface area contributed by atoms with Gasteiger partial charge in [-0.3, -0.25) is 23.7 Å². The molecule has 2 heterocycles. The molecule has 0 radical (unpaired) electrons. The number of aliphatic hydroxyl groups excluding tert-OH is 1. The van der Waals surface area contributed by atoms with E-state index in [0.717, 1.165) is 0 Å². The molecular weight excluding hydrogens is 525 g/mol. The predicted octanol–water partition coefficient (Wildman–Crippen LogP) is 3.48. The van der Waals surface area contributed by atoms with E-state index < -0.39 is 49.9 Å². The zero-order valence-corrected chi connectivity index (χ0v) is 22.5. The summed E-state index contributed by atoms with van der Waals surface area (Å²) in [5, 5.41) is 24.0. The molecule has 0 saturated heterocycles. The topological polar surface area (TPSA) is 161 Å².